The molecule has 0 amide bonds. The zero-order valence-corrected chi connectivity index (χ0v) is 43.5. The molecule has 0 saturated carbocycles. The van der Waals surface area contributed by atoms with Crippen LogP contribution in [0.5, 0.6) is 0 Å². The first-order valence-electron chi connectivity index (χ1n) is 23.6. The molecule has 14 nitrogen and oxygen atoms in total. The minimum absolute atomic E-state index is 0.0634. The second-order valence-corrected chi connectivity index (χ2v) is 31.1. The van der Waals surface area contributed by atoms with Gasteiger partial charge in [-0.3, -0.25) is 0 Å². The highest BCUT2D eigenvalue weighted by atomic mass is 28.3. The lowest BCUT2D eigenvalue weighted by Crippen LogP contribution is -2.27. The quantitative estimate of drug-likeness (QED) is 0.0420. The van der Waals surface area contributed by atoms with Crippen LogP contribution in [-0.4, -0.2) is 99.5 Å². The summed E-state index contributed by atoms with van der Waals surface area (Å²) in [6.45, 7) is 25.2. The van der Waals surface area contributed by atoms with Gasteiger partial charge in [0.1, 0.15) is 31.4 Å². The average Bonchev–Trinajstić information content (AvgIpc) is 4.07. The summed E-state index contributed by atoms with van der Waals surface area (Å²) in [7, 11) is 0.327. The molecular weight excluding hydrogens is 873 g/mol. The number of carbonyl (C=O) groups is 2. The van der Waals surface area contributed by atoms with Crippen LogP contribution < -0.4 is 0 Å². The van der Waals surface area contributed by atoms with Crippen molar-refractivity contribution >= 4 is 28.1 Å². The molecular formula is C50H76N4O10Si2. The molecule has 2 aliphatic heterocycles. The van der Waals surface area contributed by atoms with E-state index in [-0.39, 0.29) is 67.6 Å². The molecule has 4 heterocycles. The number of rotatable bonds is 22. The number of esters is 2. The number of methoxy groups -OCH3 is 2. The van der Waals surface area contributed by atoms with Crippen LogP contribution in [0.4, 0.5) is 0 Å². The van der Waals surface area contributed by atoms with E-state index in [1.165, 1.54) is 14.2 Å². The van der Waals surface area contributed by atoms with Crippen molar-refractivity contribution in [2.24, 2.45) is 11.8 Å². The van der Waals surface area contributed by atoms with Crippen LogP contribution in [0, 0.1) is 11.8 Å². The number of nitrogens with zero attached hydrogens (tertiary/aromatic N) is 4. The molecule has 4 aromatic rings. The number of hydrogen-bond donors (Lipinski definition) is 0. The van der Waals surface area contributed by atoms with Crippen LogP contribution >= 0.6 is 0 Å². The third-order valence-corrected chi connectivity index (χ3v) is 15.6. The van der Waals surface area contributed by atoms with Crippen LogP contribution in [0.15, 0.2) is 72.8 Å². The van der Waals surface area contributed by atoms with Crippen LogP contribution in [-0.2, 0) is 64.6 Å². The largest absolute Gasteiger partial charge is 0.464 e. The van der Waals surface area contributed by atoms with Crippen molar-refractivity contribution in [3.8, 4) is 0 Å². The lowest BCUT2D eigenvalue weighted by molar-refractivity contribution is -0.0407. The fraction of sp³-hybridized carbons (Fsp3) is 0.600. The summed E-state index contributed by atoms with van der Waals surface area (Å²) in [5, 5.41) is 9.18. The van der Waals surface area contributed by atoms with Crippen LogP contribution in [0.1, 0.15) is 96.2 Å². The first-order chi connectivity index (χ1) is 31.5. The minimum Gasteiger partial charge on any atom is -0.464 e. The van der Waals surface area contributed by atoms with E-state index in [1.54, 1.807) is 21.5 Å². The standard InChI is InChI=1S/2C25H38N2O5Si/c1-7-22-18(2)23(31-16-19-11-9-8-10-12-19)24(32-22)21-15-20(25(28)29-3)26-27(21)17-30-13-14-33(4,5)6;1-7-22-18(2)23(31-16-19-11-9-8-10-12-19)24(32-22)20-15-21(25(28)29-3)27(26-20)17-30-13-14-33(4,5)6/h2*8-12,15,18,22-24H,7,13-14,16-17H2,1-6H3/t2*18-,22-,23-,24+/m11/s1. The maximum Gasteiger partial charge on any atom is 0.358 e. The van der Waals surface area contributed by atoms with Gasteiger partial charge in [-0.25, -0.2) is 19.0 Å². The van der Waals surface area contributed by atoms with Crippen molar-refractivity contribution < 1.29 is 47.5 Å². The predicted octanol–water partition coefficient (Wildman–Crippen LogP) is 10.1. The Balaban J connectivity index is 0.000000247. The van der Waals surface area contributed by atoms with Gasteiger partial charge in [0.2, 0.25) is 0 Å². The molecule has 364 valence electrons. The first-order valence-corrected chi connectivity index (χ1v) is 31.0. The van der Waals surface area contributed by atoms with Crippen molar-refractivity contribution in [3.05, 3.63) is 107 Å². The third kappa shape index (κ3) is 15.0. The molecule has 0 bridgehead atoms. The normalized spacial score (nSPS) is 23.1. The fourth-order valence-corrected chi connectivity index (χ4v) is 9.66. The molecule has 16 heteroatoms. The summed E-state index contributed by atoms with van der Waals surface area (Å²) in [6, 6.07) is 25.8. The van der Waals surface area contributed by atoms with Gasteiger partial charge in [-0.05, 0) is 48.2 Å². The Morgan fingerprint density at radius 3 is 1.58 bits per heavy atom. The topological polar surface area (TPSA) is 144 Å². The molecule has 0 radical (unpaired) electrons. The zero-order chi connectivity index (χ0) is 48.0. The molecule has 66 heavy (non-hydrogen) atoms. The number of carbonyl (C=O) groups excluding carboxylic acids is 2. The lowest BCUT2D eigenvalue weighted by Gasteiger charge is -2.23. The van der Waals surface area contributed by atoms with Gasteiger partial charge >= 0.3 is 11.9 Å². The fourth-order valence-electron chi connectivity index (χ4n) is 8.15. The van der Waals surface area contributed by atoms with E-state index >= 15 is 0 Å². The second-order valence-electron chi connectivity index (χ2n) is 19.8. The number of hydrogen-bond acceptors (Lipinski definition) is 12. The Bertz CT molecular complexity index is 2090. The second kappa shape index (κ2) is 24.8. The van der Waals surface area contributed by atoms with E-state index in [0.29, 0.717) is 37.8 Å². The molecule has 0 spiro atoms. The smallest absolute Gasteiger partial charge is 0.358 e. The van der Waals surface area contributed by atoms with Gasteiger partial charge in [0.05, 0.1) is 63.2 Å². The van der Waals surface area contributed by atoms with Gasteiger partial charge in [-0.2, -0.15) is 10.2 Å². The molecule has 2 saturated heterocycles. The summed E-state index contributed by atoms with van der Waals surface area (Å²) in [6.07, 6.45) is 0.847. The van der Waals surface area contributed by atoms with Gasteiger partial charge in [0.15, 0.2) is 5.69 Å². The SMILES string of the molecule is CC[C@H]1O[C@@H](c2cc(C(=O)OC)n(COCC[Si](C)(C)C)n2)[C@H](OCc2ccccc2)[C@@H]1C.CC[C@H]1O[C@@H](c2cc(C(=O)OC)nn2COCC[Si](C)(C)C)[C@H](OCc2ccccc2)[C@@H]1C. The Morgan fingerprint density at radius 1 is 0.636 bits per heavy atom. The van der Waals surface area contributed by atoms with Gasteiger partial charge in [0, 0.05) is 41.2 Å². The van der Waals surface area contributed by atoms with Crippen LogP contribution in [0.3, 0.4) is 0 Å². The summed E-state index contributed by atoms with van der Waals surface area (Å²) < 4.78 is 50.6. The Labute approximate surface area is 394 Å². The average molecular weight is 949 g/mol. The maximum atomic E-state index is 12.4. The molecule has 0 aliphatic carbocycles. The highest BCUT2D eigenvalue weighted by Gasteiger charge is 2.46. The summed E-state index contributed by atoms with van der Waals surface area (Å²) in [4.78, 5) is 24.7. The first kappa shape index (κ1) is 53.0. The summed E-state index contributed by atoms with van der Waals surface area (Å²) in [5.41, 5.74) is 4.29. The Kier molecular flexibility index (Phi) is 19.9. The number of aromatic nitrogens is 4. The summed E-state index contributed by atoms with van der Waals surface area (Å²) >= 11 is 0. The molecule has 8 atom stereocenters. The van der Waals surface area contributed by atoms with Crippen molar-refractivity contribution in [2.75, 3.05) is 27.4 Å². The number of ether oxygens (including phenoxy) is 8. The van der Waals surface area contributed by atoms with Gasteiger partial charge in [0.25, 0.3) is 0 Å². The maximum absolute atomic E-state index is 12.4. The van der Waals surface area contributed by atoms with Gasteiger partial charge in [-0.1, -0.05) is 128 Å². The van der Waals surface area contributed by atoms with E-state index in [1.807, 2.05) is 36.4 Å². The van der Waals surface area contributed by atoms with Gasteiger partial charge < -0.3 is 37.9 Å². The van der Waals surface area contributed by atoms with Crippen molar-refractivity contribution in [1.29, 1.82) is 0 Å². The molecule has 6 rings (SSSR count). The van der Waals surface area contributed by atoms with Crippen molar-refractivity contribution in [1.82, 2.24) is 19.6 Å². The van der Waals surface area contributed by atoms with E-state index in [2.05, 4.69) is 96.3 Å². The number of benzene rings is 2. The highest BCUT2D eigenvalue weighted by molar-refractivity contribution is 6.76. The van der Waals surface area contributed by atoms with E-state index in [0.717, 1.165) is 41.8 Å². The molecule has 2 aromatic heterocycles. The predicted molar refractivity (Wildman–Crippen MR) is 260 cm³/mol. The lowest BCUT2D eigenvalue weighted by atomic mass is 9.95. The van der Waals surface area contributed by atoms with E-state index in [9.17, 15) is 9.59 Å². The Morgan fingerprint density at radius 2 is 1.11 bits per heavy atom. The van der Waals surface area contributed by atoms with E-state index < -0.39 is 28.1 Å². The molecule has 2 fully saturated rings. The summed E-state index contributed by atoms with van der Waals surface area (Å²) in [5.74, 6) is -0.524. The van der Waals surface area contributed by atoms with Gasteiger partial charge in [-0.15, -0.1) is 0 Å². The highest BCUT2D eigenvalue weighted by Crippen LogP contribution is 2.42. The molecule has 2 aliphatic rings. The minimum atomic E-state index is -1.20. The Hall–Kier alpha value is -4.01. The van der Waals surface area contributed by atoms with Crippen molar-refractivity contribution in [2.45, 2.75) is 155 Å². The molecule has 0 unspecified atom stereocenters. The van der Waals surface area contributed by atoms with Crippen molar-refractivity contribution in [3.63, 3.8) is 0 Å². The third-order valence-electron chi connectivity index (χ3n) is 12.2. The monoisotopic (exact) mass is 949 g/mol. The zero-order valence-electron chi connectivity index (χ0n) is 41.5. The van der Waals surface area contributed by atoms with Crippen LogP contribution in [0.2, 0.25) is 51.4 Å². The van der Waals surface area contributed by atoms with Crippen LogP contribution in [0.25, 0.3) is 0 Å². The molecule has 2 aromatic carbocycles. The van der Waals surface area contributed by atoms with E-state index in [4.69, 9.17) is 43.0 Å². The molecule has 0 N–H and O–H groups in total.